The second kappa shape index (κ2) is 13.9. The highest BCUT2D eigenvalue weighted by Gasteiger charge is 2.37. The maximum Gasteiger partial charge on any atom is 0.160 e. The van der Waals surface area contributed by atoms with Crippen molar-refractivity contribution in [2.75, 3.05) is 0 Å². The first-order valence-corrected chi connectivity index (χ1v) is 20.4. The molecule has 0 N–H and O–H groups in total. The number of hydrogen-bond donors (Lipinski definition) is 0. The molecule has 2 nitrogen and oxygen atoms in total. The Kier molecular flexibility index (Phi) is 8.20. The first kappa shape index (κ1) is 34.8. The molecule has 0 fully saturated rings. The first-order valence-electron chi connectivity index (χ1n) is 20.4. The summed E-state index contributed by atoms with van der Waals surface area (Å²) in [5, 5.41) is 4.89. The predicted octanol–water partition coefficient (Wildman–Crippen LogP) is 15.1. The van der Waals surface area contributed by atoms with Crippen molar-refractivity contribution < 1.29 is 0 Å². The van der Waals surface area contributed by atoms with Gasteiger partial charge in [0.15, 0.2) is 5.82 Å². The normalized spacial score (nSPS) is 12.7. The van der Waals surface area contributed by atoms with Crippen LogP contribution >= 0.6 is 0 Å². The van der Waals surface area contributed by atoms with Crippen LogP contribution in [0.15, 0.2) is 206 Å². The monoisotopic (exact) mass is 752 g/mol. The van der Waals surface area contributed by atoms with E-state index in [-0.39, 0.29) is 5.41 Å². The molecule has 1 aliphatic carbocycles. The van der Waals surface area contributed by atoms with Crippen LogP contribution in [0.1, 0.15) is 25.0 Å². The van der Waals surface area contributed by atoms with Crippen molar-refractivity contribution in [3.8, 4) is 78.4 Å². The third kappa shape index (κ3) is 5.96. The van der Waals surface area contributed by atoms with Crippen LogP contribution in [0.25, 0.3) is 100.0 Å². The van der Waals surface area contributed by atoms with E-state index in [1.165, 1.54) is 60.7 Å². The van der Waals surface area contributed by atoms with Gasteiger partial charge in [-0.25, -0.2) is 9.97 Å². The smallest absolute Gasteiger partial charge is 0.160 e. The molecule has 0 saturated carbocycles. The van der Waals surface area contributed by atoms with Gasteiger partial charge >= 0.3 is 0 Å². The molecule has 9 aromatic carbocycles. The van der Waals surface area contributed by atoms with Gasteiger partial charge < -0.3 is 0 Å². The molecule has 0 amide bonds. The van der Waals surface area contributed by atoms with Crippen molar-refractivity contribution in [3.63, 3.8) is 0 Å². The molecule has 0 radical (unpaired) electrons. The molecule has 0 spiro atoms. The molecule has 0 atom stereocenters. The van der Waals surface area contributed by atoms with Crippen molar-refractivity contribution in [2.24, 2.45) is 0 Å². The quantitative estimate of drug-likeness (QED) is 0.169. The van der Waals surface area contributed by atoms with Gasteiger partial charge in [-0.3, -0.25) is 0 Å². The number of aromatic nitrogens is 2. The van der Waals surface area contributed by atoms with E-state index in [9.17, 15) is 0 Å². The largest absolute Gasteiger partial charge is 0.228 e. The predicted molar refractivity (Wildman–Crippen MR) is 247 cm³/mol. The highest BCUT2D eigenvalue weighted by Crippen LogP contribution is 2.53. The van der Waals surface area contributed by atoms with Crippen LogP contribution in [0.3, 0.4) is 0 Å². The van der Waals surface area contributed by atoms with Gasteiger partial charge in [-0.05, 0) is 95.4 Å². The lowest BCUT2D eigenvalue weighted by Crippen LogP contribution is -2.14. The highest BCUT2D eigenvalue weighted by atomic mass is 14.9. The minimum Gasteiger partial charge on any atom is -0.228 e. The van der Waals surface area contributed by atoms with E-state index < -0.39 is 0 Å². The van der Waals surface area contributed by atoms with E-state index in [0.717, 1.165) is 44.6 Å². The second-order valence-corrected chi connectivity index (χ2v) is 16.2. The number of benzene rings is 9. The zero-order valence-corrected chi connectivity index (χ0v) is 33.0. The average molecular weight is 753 g/mol. The fourth-order valence-corrected chi connectivity index (χ4v) is 9.23. The molecule has 0 aliphatic heterocycles. The zero-order chi connectivity index (χ0) is 39.5. The Balaban J connectivity index is 1.05. The summed E-state index contributed by atoms with van der Waals surface area (Å²) >= 11 is 0. The molecule has 1 heterocycles. The Morgan fingerprint density at radius 1 is 0.322 bits per heavy atom. The van der Waals surface area contributed by atoms with E-state index in [2.05, 4.69) is 214 Å². The number of rotatable bonds is 6. The molecular weight excluding hydrogens is 713 g/mol. The summed E-state index contributed by atoms with van der Waals surface area (Å²) in [5.41, 5.74) is 17.4. The lowest BCUT2D eigenvalue weighted by atomic mass is 9.81. The van der Waals surface area contributed by atoms with Crippen LogP contribution in [-0.2, 0) is 5.41 Å². The molecule has 11 rings (SSSR count). The van der Waals surface area contributed by atoms with Crippen molar-refractivity contribution in [3.05, 3.63) is 217 Å². The maximum absolute atomic E-state index is 5.35. The Hall–Kier alpha value is -7.42. The Labute approximate surface area is 345 Å². The fourth-order valence-electron chi connectivity index (χ4n) is 9.23. The van der Waals surface area contributed by atoms with Gasteiger partial charge in [0.25, 0.3) is 0 Å². The molecule has 59 heavy (non-hydrogen) atoms. The summed E-state index contributed by atoms with van der Waals surface area (Å²) < 4.78 is 0. The fraction of sp³-hybridized carbons (Fsp3) is 0.0526. The lowest BCUT2D eigenvalue weighted by molar-refractivity contribution is 0.661. The third-order valence-electron chi connectivity index (χ3n) is 12.3. The Morgan fingerprint density at radius 2 is 0.864 bits per heavy atom. The van der Waals surface area contributed by atoms with Crippen molar-refractivity contribution in [2.45, 2.75) is 19.3 Å². The second-order valence-electron chi connectivity index (χ2n) is 16.2. The number of nitrogens with zero attached hydrogens (tertiary/aromatic N) is 2. The summed E-state index contributed by atoms with van der Waals surface area (Å²) in [6.45, 7) is 4.73. The lowest BCUT2D eigenvalue weighted by Gasteiger charge is -2.22. The van der Waals surface area contributed by atoms with Crippen LogP contribution in [0.5, 0.6) is 0 Å². The van der Waals surface area contributed by atoms with E-state index in [1.54, 1.807) is 0 Å². The van der Waals surface area contributed by atoms with Crippen molar-refractivity contribution in [1.29, 1.82) is 0 Å². The number of hydrogen-bond acceptors (Lipinski definition) is 2. The summed E-state index contributed by atoms with van der Waals surface area (Å²) in [6.07, 6.45) is 0. The molecule has 0 saturated heterocycles. The van der Waals surface area contributed by atoms with Crippen molar-refractivity contribution >= 4 is 21.5 Å². The Bertz CT molecular complexity index is 3200. The van der Waals surface area contributed by atoms with Gasteiger partial charge in [0.2, 0.25) is 0 Å². The average Bonchev–Trinajstić information content (AvgIpc) is 3.53. The summed E-state index contributed by atoms with van der Waals surface area (Å²) in [5.74, 6) is 0.702. The van der Waals surface area contributed by atoms with Gasteiger partial charge in [-0.2, -0.15) is 0 Å². The molecule has 2 heteroatoms. The van der Waals surface area contributed by atoms with E-state index in [4.69, 9.17) is 9.97 Å². The first-order chi connectivity index (χ1) is 29.0. The SMILES string of the molecule is CC1(C)c2cc3ccccc3cc2-c2c(-c3ccc(-c4ccc5ccccc5c4-c4cc(-c5ccc(-c6ccccc6)cc5)nc(-c5ccccc5)n4)cc3)cccc21. The topological polar surface area (TPSA) is 25.8 Å². The minimum atomic E-state index is -0.0937. The van der Waals surface area contributed by atoms with Crippen LogP contribution in [-0.4, -0.2) is 9.97 Å². The molecule has 10 aromatic rings. The van der Waals surface area contributed by atoms with Crippen LogP contribution < -0.4 is 0 Å². The molecule has 278 valence electrons. The van der Waals surface area contributed by atoms with Crippen LogP contribution in [0.4, 0.5) is 0 Å². The number of fused-ring (bicyclic) bond motifs is 5. The summed E-state index contributed by atoms with van der Waals surface area (Å²) in [7, 11) is 0. The standard InChI is InChI=1S/C57H40N2/c1-57(2)50-23-13-22-46(54(50)49-34-44-19-9-10-20-45(44)35-51(49)57)40-26-28-41(29-27-40)48-33-32-39-16-11-12-21-47(39)55(48)53-36-52(58-56(59-53)43-17-7-4-8-18-43)42-30-24-38(25-31-42)37-14-5-3-6-15-37/h3-36H,1-2H3. The van der Waals surface area contributed by atoms with E-state index >= 15 is 0 Å². The van der Waals surface area contributed by atoms with E-state index in [1.807, 2.05) is 6.07 Å². The maximum atomic E-state index is 5.35. The third-order valence-corrected chi connectivity index (χ3v) is 12.3. The molecule has 1 aliphatic rings. The summed E-state index contributed by atoms with van der Waals surface area (Å²) in [6, 6.07) is 74.3. The van der Waals surface area contributed by atoms with Gasteiger partial charge in [0, 0.05) is 22.1 Å². The van der Waals surface area contributed by atoms with Gasteiger partial charge in [-0.15, -0.1) is 0 Å². The van der Waals surface area contributed by atoms with E-state index in [0.29, 0.717) is 5.82 Å². The Morgan fingerprint density at radius 3 is 1.58 bits per heavy atom. The minimum absolute atomic E-state index is 0.0937. The molecule has 0 unspecified atom stereocenters. The van der Waals surface area contributed by atoms with Crippen LogP contribution in [0, 0.1) is 0 Å². The van der Waals surface area contributed by atoms with Crippen LogP contribution in [0.2, 0.25) is 0 Å². The molecular formula is C57H40N2. The van der Waals surface area contributed by atoms with Crippen molar-refractivity contribution in [1.82, 2.24) is 9.97 Å². The molecule has 0 bridgehead atoms. The summed E-state index contributed by atoms with van der Waals surface area (Å²) in [4.78, 5) is 10.5. The van der Waals surface area contributed by atoms with Gasteiger partial charge in [0.05, 0.1) is 11.4 Å². The molecule has 1 aromatic heterocycles. The van der Waals surface area contributed by atoms with Gasteiger partial charge in [-0.1, -0.05) is 202 Å². The van der Waals surface area contributed by atoms with Gasteiger partial charge in [0.1, 0.15) is 0 Å². The highest BCUT2D eigenvalue weighted by molar-refractivity contribution is 6.04. The zero-order valence-electron chi connectivity index (χ0n) is 33.0.